The van der Waals surface area contributed by atoms with Crippen molar-refractivity contribution in [1.82, 2.24) is 4.90 Å². The molecule has 0 heterocycles. The predicted molar refractivity (Wildman–Crippen MR) is 84.6 cm³/mol. The number of aliphatic carboxylic acids is 1. The minimum Gasteiger partial charge on any atom is -0.480 e. The van der Waals surface area contributed by atoms with E-state index >= 15 is 0 Å². The average molecular weight is 357 g/mol. The number of hydrogen-bond donors (Lipinski definition) is 1. The molecule has 0 spiro atoms. The Morgan fingerprint density at radius 2 is 1.79 bits per heavy atom. The number of carbonyl (C=O) groups is 2. The lowest BCUT2D eigenvalue weighted by atomic mass is 10.2. The first kappa shape index (κ1) is 18.4. The lowest BCUT2D eigenvalue weighted by Gasteiger charge is -2.27. The van der Waals surface area contributed by atoms with Crippen LogP contribution in [0.15, 0.2) is 29.2 Å². The van der Waals surface area contributed by atoms with Crippen molar-refractivity contribution in [3.05, 3.63) is 30.1 Å². The summed E-state index contributed by atoms with van der Waals surface area (Å²) in [4.78, 5) is 24.8. The minimum absolute atomic E-state index is 0.0616. The third-order valence-corrected chi connectivity index (χ3v) is 6.29. The first-order chi connectivity index (χ1) is 11.1. The van der Waals surface area contributed by atoms with E-state index in [-0.39, 0.29) is 17.4 Å². The largest absolute Gasteiger partial charge is 0.480 e. The molecule has 132 valence electrons. The molecule has 0 bridgehead atoms. The smallest absolute Gasteiger partial charge is 0.326 e. The van der Waals surface area contributed by atoms with Crippen molar-refractivity contribution in [3.8, 4) is 0 Å². The normalized spacial score (nSPS) is 17.1. The topological polar surface area (TPSA) is 91.8 Å². The predicted octanol–water partition coefficient (Wildman–Crippen LogP) is 1.84. The maximum atomic E-state index is 12.9. The molecular weight excluding hydrogens is 337 g/mol. The second-order valence-electron chi connectivity index (χ2n) is 6.06. The Bertz CT molecular complexity index is 727. The van der Waals surface area contributed by atoms with Gasteiger partial charge < -0.3 is 10.0 Å². The zero-order valence-electron chi connectivity index (χ0n) is 13.5. The summed E-state index contributed by atoms with van der Waals surface area (Å²) in [5, 5.41) is 8.10. The van der Waals surface area contributed by atoms with E-state index in [2.05, 4.69) is 0 Å². The van der Waals surface area contributed by atoms with Crippen molar-refractivity contribution in [2.45, 2.75) is 55.3 Å². The highest BCUT2D eigenvalue weighted by molar-refractivity contribution is 7.92. The molecule has 1 aromatic rings. The molecule has 1 aliphatic carbocycles. The number of amides is 1. The molecule has 8 heteroatoms. The van der Waals surface area contributed by atoms with Gasteiger partial charge in [-0.05, 0) is 51.0 Å². The maximum Gasteiger partial charge on any atom is 0.326 e. The van der Waals surface area contributed by atoms with E-state index in [9.17, 15) is 22.4 Å². The maximum absolute atomic E-state index is 12.9. The van der Waals surface area contributed by atoms with Crippen molar-refractivity contribution in [2.75, 3.05) is 0 Å². The first-order valence-corrected chi connectivity index (χ1v) is 9.22. The van der Waals surface area contributed by atoms with Gasteiger partial charge in [0.05, 0.1) is 10.1 Å². The van der Waals surface area contributed by atoms with Crippen molar-refractivity contribution in [3.63, 3.8) is 0 Å². The van der Waals surface area contributed by atoms with E-state index in [0.717, 1.165) is 37.1 Å². The molecule has 1 saturated carbocycles. The van der Waals surface area contributed by atoms with Crippen LogP contribution < -0.4 is 0 Å². The van der Waals surface area contributed by atoms with Crippen LogP contribution in [0.3, 0.4) is 0 Å². The van der Waals surface area contributed by atoms with Crippen LogP contribution in [0.25, 0.3) is 0 Å². The van der Waals surface area contributed by atoms with E-state index in [4.69, 9.17) is 5.11 Å². The Labute approximate surface area is 140 Å². The molecule has 2 atom stereocenters. The van der Waals surface area contributed by atoms with Crippen molar-refractivity contribution in [1.29, 1.82) is 0 Å². The minimum atomic E-state index is -3.80. The zero-order valence-corrected chi connectivity index (χ0v) is 14.3. The SMILES string of the molecule is CC(C(=O)O)N(C(=O)CC(C)S(=O)(=O)c1ccc(F)cc1)C1CC1. The number of sulfone groups is 1. The summed E-state index contributed by atoms with van der Waals surface area (Å²) in [5.41, 5.74) is 0. The summed E-state index contributed by atoms with van der Waals surface area (Å²) in [7, 11) is -3.80. The summed E-state index contributed by atoms with van der Waals surface area (Å²) in [6, 6.07) is 3.28. The molecule has 0 aromatic heterocycles. The summed E-state index contributed by atoms with van der Waals surface area (Å²) < 4.78 is 37.9. The van der Waals surface area contributed by atoms with Gasteiger partial charge in [0.25, 0.3) is 0 Å². The fourth-order valence-corrected chi connectivity index (χ4v) is 3.87. The zero-order chi connectivity index (χ0) is 18.1. The van der Waals surface area contributed by atoms with Crippen LogP contribution in [0.2, 0.25) is 0 Å². The molecule has 1 aliphatic rings. The van der Waals surface area contributed by atoms with Gasteiger partial charge in [-0.3, -0.25) is 4.79 Å². The molecule has 24 heavy (non-hydrogen) atoms. The second kappa shape index (κ2) is 6.88. The molecule has 1 amide bonds. The molecule has 1 fully saturated rings. The molecule has 2 unspecified atom stereocenters. The van der Waals surface area contributed by atoms with Gasteiger partial charge >= 0.3 is 5.97 Å². The highest BCUT2D eigenvalue weighted by Gasteiger charge is 2.39. The number of rotatable bonds is 7. The summed E-state index contributed by atoms with van der Waals surface area (Å²) in [6.45, 7) is 2.81. The van der Waals surface area contributed by atoms with Crippen molar-refractivity contribution >= 4 is 21.7 Å². The van der Waals surface area contributed by atoms with E-state index in [1.54, 1.807) is 0 Å². The molecule has 6 nitrogen and oxygen atoms in total. The van der Waals surface area contributed by atoms with Crippen LogP contribution in [0.5, 0.6) is 0 Å². The van der Waals surface area contributed by atoms with Crippen LogP contribution in [-0.4, -0.2) is 47.6 Å². The number of halogens is 1. The molecule has 1 aromatic carbocycles. The van der Waals surface area contributed by atoms with Gasteiger partial charge in [0.1, 0.15) is 11.9 Å². The standard InChI is InChI=1S/C16H20FNO5S/c1-10(24(22,23)14-7-3-12(17)4-8-14)9-15(19)18(13-5-6-13)11(2)16(20)21/h3-4,7-8,10-11,13H,5-6,9H2,1-2H3,(H,20,21). The number of carboxylic acid groups (broad SMARTS) is 1. The van der Waals surface area contributed by atoms with Crippen molar-refractivity contribution < 1.29 is 27.5 Å². The number of carbonyl (C=O) groups excluding carboxylic acids is 1. The monoisotopic (exact) mass is 357 g/mol. The number of hydrogen-bond acceptors (Lipinski definition) is 4. The molecular formula is C16H20FNO5S. The third kappa shape index (κ3) is 3.92. The van der Waals surface area contributed by atoms with Crippen LogP contribution >= 0.6 is 0 Å². The fraction of sp³-hybridized carbons (Fsp3) is 0.500. The van der Waals surface area contributed by atoms with Gasteiger partial charge in [0.15, 0.2) is 9.84 Å². The molecule has 0 aliphatic heterocycles. The number of carboxylic acids is 1. The third-order valence-electron chi connectivity index (χ3n) is 4.14. The van der Waals surface area contributed by atoms with E-state index in [0.29, 0.717) is 0 Å². The fourth-order valence-electron chi connectivity index (χ4n) is 2.53. The number of benzene rings is 1. The summed E-state index contributed by atoms with van der Waals surface area (Å²) >= 11 is 0. The molecule has 2 rings (SSSR count). The highest BCUT2D eigenvalue weighted by atomic mass is 32.2. The Morgan fingerprint density at radius 3 is 2.25 bits per heavy atom. The van der Waals surface area contributed by atoms with E-state index in [1.165, 1.54) is 18.7 Å². The lowest BCUT2D eigenvalue weighted by Crippen LogP contribution is -2.46. The van der Waals surface area contributed by atoms with Gasteiger partial charge in [-0.1, -0.05) is 0 Å². The Balaban J connectivity index is 2.14. The molecule has 0 radical (unpaired) electrons. The average Bonchev–Trinajstić information content (AvgIpc) is 3.32. The van der Waals surface area contributed by atoms with Gasteiger partial charge in [0, 0.05) is 12.5 Å². The summed E-state index contributed by atoms with van der Waals surface area (Å²) in [5.74, 6) is -2.16. The van der Waals surface area contributed by atoms with E-state index < -0.39 is 38.8 Å². The number of nitrogens with zero attached hydrogens (tertiary/aromatic N) is 1. The quantitative estimate of drug-likeness (QED) is 0.752. The lowest BCUT2D eigenvalue weighted by molar-refractivity contribution is -0.150. The van der Waals surface area contributed by atoms with Crippen LogP contribution in [0, 0.1) is 5.82 Å². The van der Waals surface area contributed by atoms with Gasteiger partial charge in [-0.15, -0.1) is 0 Å². The molecule has 0 saturated heterocycles. The van der Waals surface area contributed by atoms with Gasteiger partial charge in [-0.25, -0.2) is 17.6 Å². The Hall–Kier alpha value is -1.96. The van der Waals surface area contributed by atoms with E-state index in [1.807, 2.05) is 0 Å². The van der Waals surface area contributed by atoms with Crippen LogP contribution in [0.1, 0.15) is 33.1 Å². The van der Waals surface area contributed by atoms with Gasteiger partial charge in [-0.2, -0.15) is 0 Å². The Morgan fingerprint density at radius 1 is 1.25 bits per heavy atom. The van der Waals surface area contributed by atoms with Crippen LogP contribution in [0.4, 0.5) is 4.39 Å². The molecule has 1 N–H and O–H groups in total. The van der Waals surface area contributed by atoms with Crippen LogP contribution in [-0.2, 0) is 19.4 Å². The summed E-state index contributed by atoms with van der Waals surface area (Å²) in [6.07, 6.45) is 1.14. The first-order valence-electron chi connectivity index (χ1n) is 7.68. The van der Waals surface area contributed by atoms with Gasteiger partial charge in [0.2, 0.25) is 5.91 Å². The van der Waals surface area contributed by atoms with Crippen molar-refractivity contribution in [2.24, 2.45) is 0 Å². The highest BCUT2D eigenvalue weighted by Crippen LogP contribution is 2.30. The second-order valence-corrected chi connectivity index (χ2v) is 8.43. The Kier molecular flexibility index (Phi) is 5.27.